The molecule has 2 unspecified atom stereocenters. The summed E-state index contributed by atoms with van der Waals surface area (Å²) < 4.78 is 27.6. The fraction of sp³-hybridized carbons (Fsp3) is 1.00. The molecule has 0 aromatic carbocycles. The zero-order valence-corrected chi connectivity index (χ0v) is 11.6. The van der Waals surface area contributed by atoms with Crippen LogP contribution >= 0.6 is 0 Å². The molecule has 16 heavy (non-hydrogen) atoms. The van der Waals surface area contributed by atoms with Gasteiger partial charge in [-0.3, -0.25) is 0 Å². The van der Waals surface area contributed by atoms with Gasteiger partial charge in [0.15, 0.2) is 0 Å². The largest absolute Gasteiger partial charge is 0.377 e. The fourth-order valence-electron chi connectivity index (χ4n) is 1.71. The summed E-state index contributed by atoms with van der Waals surface area (Å²) in [5, 5.41) is 3.33. The number of rotatable bonds is 9. The number of ether oxygens (including phenoxy) is 1. The molecule has 0 aromatic heterocycles. The van der Waals surface area contributed by atoms with Crippen molar-refractivity contribution in [1.82, 2.24) is 5.32 Å². The van der Waals surface area contributed by atoms with E-state index in [1.807, 2.05) is 20.8 Å². The van der Waals surface area contributed by atoms with Crippen molar-refractivity contribution in [2.75, 3.05) is 25.2 Å². The lowest BCUT2D eigenvalue weighted by Gasteiger charge is -2.24. The highest BCUT2D eigenvalue weighted by Gasteiger charge is 2.16. The Kier molecular flexibility index (Phi) is 7.97. The van der Waals surface area contributed by atoms with Crippen LogP contribution in [-0.2, 0) is 14.6 Å². The minimum absolute atomic E-state index is 0.129. The molecule has 0 saturated carbocycles. The minimum Gasteiger partial charge on any atom is -0.377 e. The molecule has 0 heterocycles. The molecule has 0 aliphatic carbocycles. The van der Waals surface area contributed by atoms with E-state index in [4.69, 9.17) is 4.74 Å². The van der Waals surface area contributed by atoms with Gasteiger partial charge in [0.1, 0.15) is 9.84 Å². The van der Waals surface area contributed by atoms with Crippen molar-refractivity contribution in [3.63, 3.8) is 0 Å². The van der Waals surface area contributed by atoms with Crippen LogP contribution in [0.25, 0.3) is 0 Å². The minimum atomic E-state index is -2.84. The molecule has 0 rings (SSSR count). The van der Waals surface area contributed by atoms with Gasteiger partial charge in [-0.2, -0.15) is 0 Å². The third-order valence-electron chi connectivity index (χ3n) is 2.49. The predicted octanol–water partition coefficient (Wildman–Crippen LogP) is 1.21. The molecule has 0 radical (unpaired) electrons. The lowest BCUT2D eigenvalue weighted by Crippen LogP contribution is -2.40. The zero-order valence-electron chi connectivity index (χ0n) is 10.8. The highest BCUT2D eigenvalue weighted by atomic mass is 32.2. The van der Waals surface area contributed by atoms with E-state index in [9.17, 15) is 8.42 Å². The molecule has 98 valence electrons. The van der Waals surface area contributed by atoms with Crippen molar-refractivity contribution in [2.24, 2.45) is 0 Å². The zero-order chi connectivity index (χ0) is 12.6. The molecule has 0 bridgehead atoms. The van der Waals surface area contributed by atoms with E-state index < -0.39 is 9.84 Å². The van der Waals surface area contributed by atoms with E-state index in [0.717, 1.165) is 13.0 Å². The second kappa shape index (κ2) is 8.03. The summed E-state index contributed by atoms with van der Waals surface area (Å²) in [6.45, 7) is 7.60. The van der Waals surface area contributed by atoms with E-state index in [1.165, 1.54) is 6.26 Å². The van der Waals surface area contributed by atoms with Crippen LogP contribution < -0.4 is 5.32 Å². The first-order valence-electron chi connectivity index (χ1n) is 5.93. The smallest absolute Gasteiger partial charge is 0.147 e. The Bertz CT molecular complexity index is 264. The van der Waals surface area contributed by atoms with Crippen molar-refractivity contribution in [3.8, 4) is 0 Å². The normalized spacial score (nSPS) is 16.0. The second-order valence-corrected chi connectivity index (χ2v) is 6.36. The summed E-state index contributed by atoms with van der Waals surface area (Å²) in [5.41, 5.74) is 0. The van der Waals surface area contributed by atoms with Gasteiger partial charge in [0.25, 0.3) is 0 Å². The Morgan fingerprint density at radius 1 is 1.31 bits per heavy atom. The lowest BCUT2D eigenvalue weighted by molar-refractivity contribution is 0.0455. The van der Waals surface area contributed by atoms with Crippen LogP contribution in [0.1, 0.15) is 33.6 Å². The van der Waals surface area contributed by atoms with Crippen molar-refractivity contribution in [3.05, 3.63) is 0 Å². The number of nitrogens with one attached hydrogen (secondary N) is 1. The van der Waals surface area contributed by atoms with Gasteiger partial charge >= 0.3 is 0 Å². The molecule has 4 nitrogen and oxygen atoms in total. The van der Waals surface area contributed by atoms with Gasteiger partial charge < -0.3 is 10.1 Å². The summed E-state index contributed by atoms with van der Waals surface area (Å²) in [5.74, 6) is 0.258. The highest BCUT2D eigenvalue weighted by molar-refractivity contribution is 7.90. The van der Waals surface area contributed by atoms with Crippen LogP contribution in [0.5, 0.6) is 0 Å². The van der Waals surface area contributed by atoms with Crippen LogP contribution in [-0.4, -0.2) is 45.7 Å². The molecule has 5 heteroatoms. The van der Waals surface area contributed by atoms with Crippen molar-refractivity contribution >= 4 is 9.84 Å². The van der Waals surface area contributed by atoms with Crippen molar-refractivity contribution in [2.45, 2.75) is 45.8 Å². The van der Waals surface area contributed by atoms with Crippen molar-refractivity contribution in [1.29, 1.82) is 0 Å². The van der Waals surface area contributed by atoms with Gasteiger partial charge in [-0.25, -0.2) is 8.42 Å². The van der Waals surface area contributed by atoms with Gasteiger partial charge in [0.05, 0.1) is 6.10 Å². The molecule has 0 spiro atoms. The molecular formula is C11H25NO3S. The van der Waals surface area contributed by atoms with E-state index in [2.05, 4.69) is 5.32 Å². The standard InChI is InChI=1S/C11H25NO3S/c1-5-12-11(10(3)15-6-2)8-7-9-16(4,13)14/h10-12H,5-9H2,1-4H3. The predicted molar refractivity (Wildman–Crippen MR) is 67.5 cm³/mol. The first-order chi connectivity index (χ1) is 7.40. The van der Waals surface area contributed by atoms with E-state index in [-0.39, 0.29) is 17.9 Å². The quantitative estimate of drug-likeness (QED) is 0.669. The molecule has 0 fully saturated rings. The summed E-state index contributed by atoms with van der Waals surface area (Å²) in [4.78, 5) is 0. The Morgan fingerprint density at radius 2 is 1.94 bits per heavy atom. The average molecular weight is 251 g/mol. The number of hydrogen-bond acceptors (Lipinski definition) is 4. The maximum atomic E-state index is 11.0. The topological polar surface area (TPSA) is 55.4 Å². The molecule has 0 amide bonds. The molecule has 0 aliphatic rings. The molecule has 0 aromatic rings. The van der Waals surface area contributed by atoms with Gasteiger partial charge in [-0.1, -0.05) is 6.92 Å². The van der Waals surface area contributed by atoms with E-state index in [0.29, 0.717) is 13.0 Å². The number of sulfone groups is 1. The lowest BCUT2D eigenvalue weighted by atomic mass is 10.1. The maximum Gasteiger partial charge on any atom is 0.147 e. The van der Waals surface area contributed by atoms with Gasteiger partial charge in [-0.05, 0) is 33.2 Å². The highest BCUT2D eigenvalue weighted by Crippen LogP contribution is 2.07. The first-order valence-corrected chi connectivity index (χ1v) is 7.99. The number of hydrogen-bond donors (Lipinski definition) is 1. The molecule has 0 aliphatic heterocycles. The number of likely N-dealkylation sites (N-methyl/N-ethyl adjacent to an activating group) is 1. The Morgan fingerprint density at radius 3 is 2.38 bits per heavy atom. The maximum absolute atomic E-state index is 11.0. The SMILES string of the molecule is CCNC(CCCS(C)(=O)=O)C(C)OCC. The van der Waals surface area contributed by atoms with Crippen LogP contribution in [0.3, 0.4) is 0 Å². The van der Waals surface area contributed by atoms with E-state index >= 15 is 0 Å². The van der Waals surface area contributed by atoms with Crippen LogP contribution in [0.4, 0.5) is 0 Å². The van der Waals surface area contributed by atoms with Crippen LogP contribution in [0.2, 0.25) is 0 Å². The monoisotopic (exact) mass is 251 g/mol. The molecule has 2 atom stereocenters. The Balaban J connectivity index is 4.02. The first kappa shape index (κ1) is 15.9. The van der Waals surface area contributed by atoms with Gasteiger partial charge in [-0.15, -0.1) is 0 Å². The third-order valence-corrected chi connectivity index (χ3v) is 3.52. The third kappa shape index (κ3) is 8.07. The summed E-state index contributed by atoms with van der Waals surface area (Å²) in [6, 6.07) is 0.242. The Labute approximate surface area is 99.7 Å². The summed E-state index contributed by atoms with van der Waals surface area (Å²) in [7, 11) is -2.84. The second-order valence-electron chi connectivity index (χ2n) is 4.10. The fourth-order valence-corrected chi connectivity index (χ4v) is 2.40. The molecule has 0 saturated heterocycles. The Hall–Kier alpha value is -0.130. The van der Waals surface area contributed by atoms with Gasteiger partial charge in [0.2, 0.25) is 0 Å². The van der Waals surface area contributed by atoms with Crippen molar-refractivity contribution < 1.29 is 13.2 Å². The van der Waals surface area contributed by atoms with Gasteiger partial charge in [0, 0.05) is 24.7 Å². The average Bonchev–Trinajstić information content (AvgIpc) is 2.15. The van der Waals surface area contributed by atoms with Crippen LogP contribution in [0.15, 0.2) is 0 Å². The molecular weight excluding hydrogens is 226 g/mol. The molecule has 1 N–H and O–H groups in total. The summed E-state index contributed by atoms with van der Waals surface area (Å²) in [6.07, 6.45) is 2.93. The van der Waals surface area contributed by atoms with E-state index in [1.54, 1.807) is 0 Å². The van der Waals surface area contributed by atoms with Crippen LogP contribution in [0, 0.1) is 0 Å². The summed E-state index contributed by atoms with van der Waals surface area (Å²) >= 11 is 0.